The molecule has 0 aliphatic heterocycles. The number of aryl methyl sites for hydroxylation is 1. The van der Waals surface area contributed by atoms with Gasteiger partial charge in [-0.1, -0.05) is 6.42 Å². The molecule has 5 nitrogen and oxygen atoms in total. The van der Waals surface area contributed by atoms with Crippen molar-refractivity contribution in [3.8, 4) is 0 Å². The van der Waals surface area contributed by atoms with Crippen LogP contribution in [0.15, 0.2) is 12.4 Å². The maximum absolute atomic E-state index is 9.31. The van der Waals surface area contributed by atoms with Crippen molar-refractivity contribution in [1.29, 1.82) is 0 Å². The summed E-state index contributed by atoms with van der Waals surface area (Å²) in [6.07, 6.45) is 7.27. The molecule has 1 saturated carbocycles. The molecule has 96 valence electrons. The van der Waals surface area contributed by atoms with Gasteiger partial charge in [-0.3, -0.25) is 4.68 Å². The molecule has 4 N–H and O–H groups in total. The van der Waals surface area contributed by atoms with Crippen LogP contribution in [0.3, 0.4) is 0 Å². The number of aromatic nitrogens is 2. The third-order valence-electron chi connectivity index (χ3n) is 3.67. The maximum atomic E-state index is 9.31. The Hall–Kier alpha value is -0.910. The number of aliphatic hydroxyl groups excluding tert-OH is 1. The van der Waals surface area contributed by atoms with Gasteiger partial charge in [-0.25, -0.2) is 0 Å². The highest BCUT2D eigenvalue weighted by molar-refractivity contribution is 5.11. The van der Waals surface area contributed by atoms with Gasteiger partial charge in [0.2, 0.25) is 0 Å². The Morgan fingerprint density at radius 2 is 2.47 bits per heavy atom. The molecule has 0 aromatic carbocycles. The minimum absolute atomic E-state index is 0.140. The highest BCUT2D eigenvalue weighted by Gasteiger charge is 2.28. The third kappa shape index (κ3) is 2.86. The van der Waals surface area contributed by atoms with Crippen molar-refractivity contribution in [2.24, 2.45) is 18.7 Å². The summed E-state index contributed by atoms with van der Waals surface area (Å²) >= 11 is 0. The van der Waals surface area contributed by atoms with Crippen LogP contribution in [0.25, 0.3) is 0 Å². The first-order valence-corrected chi connectivity index (χ1v) is 6.30. The molecule has 0 amide bonds. The standard InChI is InChI=1S/C12H22N4O/c1-16-7-10(6-14-16)12(5-13)15-11-4-2-3-9(11)8-17/h6-7,9,11-12,15,17H,2-5,8,13H2,1H3. The summed E-state index contributed by atoms with van der Waals surface area (Å²) in [6.45, 7) is 0.822. The fraction of sp³-hybridized carbons (Fsp3) is 0.750. The Morgan fingerprint density at radius 1 is 1.65 bits per heavy atom. The first kappa shape index (κ1) is 12.5. The average molecular weight is 238 g/mol. The van der Waals surface area contributed by atoms with E-state index in [0.29, 0.717) is 18.5 Å². The van der Waals surface area contributed by atoms with E-state index in [-0.39, 0.29) is 12.6 Å². The summed E-state index contributed by atoms with van der Waals surface area (Å²) in [6, 6.07) is 0.523. The maximum Gasteiger partial charge on any atom is 0.0538 e. The monoisotopic (exact) mass is 238 g/mol. The molecular weight excluding hydrogens is 216 g/mol. The topological polar surface area (TPSA) is 76.1 Å². The van der Waals surface area contributed by atoms with Gasteiger partial charge in [-0.05, 0) is 18.8 Å². The molecule has 1 fully saturated rings. The molecule has 3 atom stereocenters. The van der Waals surface area contributed by atoms with Crippen molar-refractivity contribution in [1.82, 2.24) is 15.1 Å². The van der Waals surface area contributed by atoms with Crippen LogP contribution in [0.4, 0.5) is 0 Å². The van der Waals surface area contributed by atoms with Crippen molar-refractivity contribution < 1.29 is 5.11 Å². The molecule has 0 saturated heterocycles. The Balaban J connectivity index is 2.00. The third-order valence-corrected chi connectivity index (χ3v) is 3.67. The lowest BCUT2D eigenvalue weighted by Gasteiger charge is -2.24. The molecule has 1 aliphatic carbocycles. The molecule has 0 radical (unpaired) electrons. The molecule has 2 rings (SSSR count). The molecule has 1 aliphatic rings. The number of hydrogen-bond donors (Lipinski definition) is 3. The van der Waals surface area contributed by atoms with Crippen molar-refractivity contribution in [2.75, 3.05) is 13.2 Å². The first-order valence-electron chi connectivity index (χ1n) is 6.30. The highest BCUT2D eigenvalue weighted by Crippen LogP contribution is 2.27. The van der Waals surface area contributed by atoms with Crippen LogP contribution >= 0.6 is 0 Å². The van der Waals surface area contributed by atoms with Crippen LogP contribution < -0.4 is 11.1 Å². The fourth-order valence-electron chi connectivity index (χ4n) is 2.65. The van der Waals surface area contributed by atoms with Crippen LogP contribution in [0.5, 0.6) is 0 Å². The minimum Gasteiger partial charge on any atom is -0.396 e. The molecular formula is C12H22N4O. The number of hydrogen-bond acceptors (Lipinski definition) is 4. The molecule has 0 bridgehead atoms. The predicted molar refractivity (Wildman–Crippen MR) is 66.4 cm³/mol. The summed E-state index contributed by atoms with van der Waals surface area (Å²) in [4.78, 5) is 0. The summed E-state index contributed by atoms with van der Waals surface area (Å²) in [5.74, 6) is 0.376. The molecule has 1 aromatic heterocycles. The summed E-state index contributed by atoms with van der Waals surface area (Å²) in [5, 5.41) is 17.0. The van der Waals surface area contributed by atoms with E-state index >= 15 is 0 Å². The van der Waals surface area contributed by atoms with Crippen LogP contribution in [0.1, 0.15) is 30.9 Å². The Bertz CT molecular complexity index is 352. The molecule has 5 heteroatoms. The Labute approximate surface area is 102 Å². The van der Waals surface area contributed by atoms with Gasteiger partial charge in [0.15, 0.2) is 0 Å². The largest absolute Gasteiger partial charge is 0.396 e. The first-order chi connectivity index (χ1) is 8.24. The smallest absolute Gasteiger partial charge is 0.0538 e. The van der Waals surface area contributed by atoms with Gasteiger partial charge < -0.3 is 16.2 Å². The van der Waals surface area contributed by atoms with Crippen molar-refractivity contribution in [2.45, 2.75) is 31.3 Å². The van der Waals surface area contributed by atoms with Gasteiger partial charge in [0.25, 0.3) is 0 Å². The zero-order valence-corrected chi connectivity index (χ0v) is 10.3. The summed E-state index contributed by atoms with van der Waals surface area (Å²) in [7, 11) is 1.91. The molecule has 1 heterocycles. The van der Waals surface area contributed by atoms with Crippen molar-refractivity contribution >= 4 is 0 Å². The predicted octanol–water partition coefficient (Wildman–Crippen LogP) is 0.171. The van der Waals surface area contributed by atoms with E-state index in [0.717, 1.165) is 18.4 Å². The van der Waals surface area contributed by atoms with Crippen molar-refractivity contribution in [3.05, 3.63) is 18.0 Å². The van der Waals surface area contributed by atoms with Gasteiger partial charge in [-0.2, -0.15) is 5.10 Å². The van der Waals surface area contributed by atoms with E-state index in [9.17, 15) is 5.11 Å². The average Bonchev–Trinajstić information content (AvgIpc) is 2.94. The lowest BCUT2D eigenvalue weighted by Crippen LogP contribution is -2.39. The number of nitrogens with zero attached hydrogens (tertiary/aromatic N) is 2. The molecule has 17 heavy (non-hydrogen) atoms. The van der Waals surface area contributed by atoms with Crippen LogP contribution in [0.2, 0.25) is 0 Å². The van der Waals surface area contributed by atoms with E-state index in [2.05, 4.69) is 10.4 Å². The van der Waals surface area contributed by atoms with E-state index < -0.39 is 0 Å². The van der Waals surface area contributed by atoms with E-state index in [1.165, 1.54) is 6.42 Å². The number of aliphatic hydroxyl groups is 1. The van der Waals surface area contributed by atoms with Gasteiger partial charge in [0.05, 0.1) is 6.20 Å². The van der Waals surface area contributed by atoms with Crippen LogP contribution in [-0.2, 0) is 7.05 Å². The van der Waals surface area contributed by atoms with E-state index in [1.807, 2.05) is 19.4 Å². The zero-order valence-electron chi connectivity index (χ0n) is 10.3. The Kier molecular flexibility index (Phi) is 4.15. The van der Waals surface area contributed by atoms with Crippen LogP contribution in [0, 0.1) is 5.92 Å². The second-order valence-electron chi connectivity index (χ2n) is 4.88. The number of rotatable bonds is 5. The molecule has 1 aromatic rings. The second kappa shape index (κ2) is 5.62. The summed E-state index contributed by atoms with van der Waals surface area (Å²) < 4.78 is 1.79. The quantitative estimate of drug-likeness (QED) is 0.683. The number of nitrogens with two attached hydrogens (primary N) is 1. The summed E-state index contributed by atoms with van der Waals surface area (Å²) in [5.41, 5.74) is 6.94. The lowest BCUT2D eigenvalue weighted by atomic mass is 10.0. The zero-order chi connectivity index (χ0) is 12.3. The fourth-order valence-corrected chi connectivity index (χ4v) is 2.65. The number of nitrogens with one attached hydrogen (secondary N) is 1. The lowest BCUT2D eigenvalue weighted by molar-refractivity contribution is 0.200. The van der Waals surface area contributed by atoms with E-state index in [4.69, 9.17) is 5.73 Å². The second-order valence-corrected chi connectivity index (χ2v) is 4.88. The van der Waals surface area contributed by atoms with E-state index in [1.54, 1.807) is 4.68 Å². The molecule has 0 spiro atoms. The van der Waals surface area contributed by atoms with Crippen LogP contribution in [-0.4, -0.2) is 34.1 Å². The van der Waals surface area contributed by atoms with Crippen molar-refractivity contribution in [3.63, 3.8) is 0 Å². The van der Waals surface area contributed by atoms with Gasteiger partial charge in [-0.15, -0.1) is 0 Å². The highest BCUT2D eigenvalue weighted by atomic mass is 16.3. The SMILES string of the molecule is Cn1cc(C(CN)NC2CCCC2CO)cn1. The van der Waals surface area contributed by atoms with Gasteiger partial charge in [0, 0.05) is 44.0 Å². The minimum atomic E-state index is 0.140. The molecule has 3 unspecified atom stereocenters. The van der Waals surface area contributed by atoms with Gasteiger partial charge in [0.1, 0.15) is 0 Å². The normalized spacial score (nSPS) is 26.3. The van der Waals surface area contributed by atoms with Gasteiger partial charge >= 0.3 is 0 Å². The Morgan fingerprint density at radius 3 is 3.06 bits per heavy atom.